The van der Waals surface area contributed by atoms with Crippen molar-refractivity contribution >= 4 is 0 Å². The number of aliphatic hydroxyl groups excluding tert-OH is 1. The molecule has 82 valence electrons. The van der Waals surface area contributed by atoms with Crippen molar-refractivity contribution < 1.29 is 9.50 Å². The van der Waals surface area contributed by atoms with E-state index in [9.17, 15) is 9.50 Å². The van der Waals surface area contributed by atoms with Crippen LogP contribution in [0.3, 0.4) is 0 Å². The smallest absolute Gasteiger partial charge is 0.123 e. The van der Waals surface area contributed by atoms with Gasteiger partial charge in [0.25, 0.3) is 0 Å². The van der Waals surface area contributed by atoms with Gasteiger partial charge in [-0.2, -0.15) is 0 Å². The van der Waals surface area contributed by atoms with Crippen molar-refractivity contribution in [3.8, 4) is 0 Å². The second kappa shape index (κ2) is 3.31. The lowest BCUT2D eigenvalue weighted by Gasteiger charge is -2.29. The SMILES string of the molecule is CC(C)(C)C1Cc2ccc(F)cc2C1O. The average Bonchev–Trinajstić information content (AvgIpc) is 2.43. The Balaban J connectivity index is 2.38. The second-order valence-corrected chi connectivity index (χ2v) is 5.46. The minimum absolute atomic E-state index is 0.0505. The van der Waals surface area contributed by atoms with E-state index in [-0.39, 0.29) is 17.2 Å². The molecule has 1 aromatic carbocycles. The number of aliphatic hydroxyl groups is 1. The van der Waals surface area contributed by atoms with Crippen molar-refractivity contribution in [1.82, 2.24) is 0 Å². The molecule has 0 spiro atoms. The van der Waals surface area contributed by atoms with Crippen LogP contribution in [0.4, 0.5) is 4.39 Å². The molecule has 0 heterocycles. The van der Waals surface area contributed by atoms with E-state index in [1.807, 2.05) is 0 Å². The van der Waals surface area contributed by atoms with Gasteiger partial charge in [-0.15, -0.1) is 0 Å². The highest BCUT2D eigenvalue weighted by Crippen LogP contribution is 2.45. The van der Waals surface area contributed by atoms with Crippen molar-refractivity contribution in [1.29, 1.82) is 0 Å². The van der Waals surface area contributed by atoms with Crippen LogP contribution in [0.1, 0.15) is 38.0 Å². The molecule has 15 heavy (non-hydrogen) atoms. The lowest BCUT2D eigenvalue weighted by atomic mass is 9.78. The summed E-state index contributed by atoms with van der Waals surface area (Å²) in [7, 11) is 0. The van der Waals surface area contributed by atoms with Crippen LogP contribution in [0.5, 0.6) is 0 Å². The Hall–Kier alpha value is -0.890. The molecule has 0 amide bonds. The molecule has 1 N–H and O–H groups in total. The van der Waals surface area contributed by atoms with E-state index in [4.69, 9.17) is 0 Å². The molecule has 0 fully saturated rings. The van der Waals surface area contributed by atoms with Crippen LogP contribution >= 0.6 is 0 Å². The minimum atomic E-state index is -0.518. The Morgan fingerprint density at radius 1 is 1.33 bits per heavy atom. The number of hydrogen-bond donors (Lipinski definition) is 1. The number of rotatable bonds is 0. The zero-order valence-electron chi connectivity index (χ0n) is 9.42. The van der Waals surface area contributed by atoms with Crippen LogP contribution in [-0.2, 0) is 6.42 Å². The Kier molecular flexibility index (Phi) is 2.34. The number of fused-ring (bicyclic) bond motifs is 1. The van der Waals surface area contributed by atoms with Crippen LogP contribution in [-0.4, -0.2) is 5.11 Å². The van der Waals surface area contributed by atoms with Crippen LogP contribution in [0.2, 0.25) is 0 Å². The maximum absolute atomic E-state index is 13.0. The summed E-state index contributed by atoms with van der Waals surface area (Å²) >= 11 is 0. The van der Waals surface area contributed by atoms with Crippen LogP contribution in [0, 0.1) is 17.2 Å². The molecule has 0 aliphatic heterocycles. The van der Waals surface area contributed by atoms with Gasteiger partial charge in [0.1, 0.15) is 5.82 Å². The van der Waals surface area contributed by atoms with Crippen molar-refractivity contribution in [2.75, 3.05) is 0 Å². The molecule has 1 aliphatic rings. The molecule has 0 bridgehead atoms. The van der Waals surface area contributed by atoms with Gasteiger partial charge in [-0.05, 0) is 41.0 Å². The highest BCUT2D eigenvalue weighted by atomic mass is 19.1. The van der Waals surface area contributed by atoms with Gasteiger partial charge in [0.05, 0.1) is 6.10 Å². The predicted molar refractivity (Wildman–Crippen MR) is 58.0 cm³/mol. The Morgan fingerprint density at radius 3 is 2.60 bits per heavy atom. The Bertz CT molecular complexity index is 379. The summed E-state index contributed by atoms with van der Waals surface area (Å²) in [6, 6.07) is 4.72. The van der Waals surface area contributed by atoms with E-state index in [0.29, 0.717) is 0 Å². The fourth-order valence-electron chi connectivity index (χ4n) is 2.37. The maximum Gasteiger partial charge on any atom is 0.123 e. The van der Waals surface area contributed by atoms with Crippen LogP contribution in [0.15, 0.2) is 18.2 Å². The third-order valence-corrected chi connectivity index (χ3v) is 3.36. The molecule has 0 saturated heterocycles. The lowest BCUT2D eigenvalue weighted by molar-refractivity contribution is 0.0564. The van der Waals surface area contributed by atoms with Gasteiger partial charge in [0.2, 0.25) is 0 Å². The first-order valence-electron chi connectivity index (χ1n) is 5.36. The van der Waals surface area contributed by atoms with Gasteiger partial charge in [-0.1, -0.05) is 26.8 Å². The third kappa shape index (κ3) is 1.78. The highest BCUT2D eigenvalue weighted by molar-refractivity contribution is 5.35. The van der Waals surface area contributed by atoms with Gasteiger partial charge in [0.15, 0.2) is 0 Å². The topological polar surface area (TPSA) is 20.2 Å². The largest absolute Gasteiger partial charge is 0.388 e. The minimum Gasteiger partial charge on any atom is -0.388 e. The van der Waals surface area contributed by atoms with Crippen molar-refractivity contribution in [3.05, 3.63) is 35.1 Å². The van der Waals surface area contributed by atoms with Crippen molar-refractivity contribution in [3.63, 3.8) is 0 Å². The summed E-state index contributed by atoms with van der Waals surface area (Å²) in [4.78, 5) is 0. The van der Waals surface area contributed by atoms with Crippen LogP contribution in [0.25, 0.3) is 0 Å². The summed E-state index contributed by atoms with van der Waals surface area (Å²) < 4.78 is 13.0. The molecular weight excluding hydrogens is 191 g/mol. The summed E-state index contributed by atoms with van der Waals surface area (Å²) in [6.45, 7) is 6.34. The van der Waals surface area contributed by atoms with E-state index in [0.717, 1.165) is 17.5 Å². The van der Waals surface area contributed by atoms with E-state index in [2.05, 4.69) is 20.8 Å². The molecule has 0 saturated carbocycles. The Labute approximate surface area is 89.9 Å². The molecular formula is C13H17FO. The van der Waals surface area contributed by atoms with Gasteiger partial charge in [0, 0.05) is 0 Å². The standard InChI is InChI=1S/C13H17FO/c1-13(2,3)11-6-8-4-5-9(14)7-10(8)12(11)15/h4-5,7,11-12,15H,6H2,1-3H3. The molecule has 0 radical (unpaired) electrons. The lowest BCUT2D eigenvalue weighted by Crippen LogP contribution is -2.24. The van der Waals surface area contributed by atoms with Gasteiger partial charge < -0.3 is 5.11 Å². The molecule has 2 rings (SSSR count). The fraction of sp³-hybridized carbons (Fsp3) is 0.538. The summed E-state index contributed by atoms with van der Waals surface area (Å²) in [6.07, 6.45) is 0.330. The predicted octanol–water partition coefficient (Wildman–Crippen LogP) is 3.08. The normalized spacial score (nSPS) is 25.4. The van der Waals surface area contributed by atoms with E-state index < -0.39 is 6.10 Å². The summed E-state index contributed by atoms with van der Waals surface area (Å²) in [5.74, 6) is -0.0725. The molecule has 1 aromatic rings. The van der Waals surface area contributed by atoms with Crippen molar-refractivity contribution in [2.45, 2.75) is 33.3 Å². The van der Waals surface area contributed by atoms with E-state index in [1.165, 1.54) is 12.1 Å². The maximum atomic E-state index is 13.0. The quantitative estimate of drug-likeness (QED) is 0.694. The molecule has 1 aliphatic carbocycles. The monoisotopic (exact) mass is 208 g/mol. The van der Waals surface area contributed by atoms with Gasteiger partial charge in [-0.25, -0.2) is 4.39 Å². The molecule has 0 aromatic heterocycles. The first-order valence-corrected chi connectivity index (χ1v) is 5.36. The Morgan fingerprint density at radius 2 is 2.00 bits per heavy atom. The number of benzene rings is 1. The summed E-state index contributed by atoms with van der Waals surface area (Å²) in [5.41, 5.74) is 1.91. The number of hydrogen-bond acceptors (Lipinski definition) is 1. The first-order chi connectivity index (χ1) is 6.89. The van der Waals surface area contributed by atoms with Gasteiger partial charge in [-0.3, -0.25) is 0 Å². The van der Waals surface area contributed by atoms with Crippen molar-refractivity contribution in [2.24, 2.45) is 11.3 Å². The van der Waals surface area contributed by atoms with E-state index in [1.54, 1.807) is 6.07 Å². The fourth-order valence-corrected chi connectivity index (χ4v) is 2.37. The first kappa shape index (κ1) is 10.6. The molecule has 1 nitrogen and oxygen atoms in total. The van der Waals surface area contributed by atoms with Crippen LogP contribution < -0.4 is 0 Å². The zero-order chi connectivity index (χ0) is 11.2. The van der Waals surface area contributed by atoms with E-state index >= 15 is 0 Å². The molecule has 2 atom stereocenters. The number of halogens is 1. The second-order valence-electron chi connectivity index (χ2n) is 5.46. The molecule has 2 heteroatoms. The van der Waals surface area contributed by atoms with Gasteiger partial charge >= 0.3 is 0 Å². The highest BCUT2D eigenvalue weighted by Gasteiger charge is 2.38. The summed E-state index contributed by atoms with van der Waals surface area (Å²) in [5, 5.41) is 10.1. The average molecular weight is 208 g/mol. The third-order valence-electron chi connectivity index (χ3n) is 3.36. The molecule has 2 unspecified atom stereocenters. The zero-order valence-corrected chi connectivity index (χ0v) is 9.42.